The zero-order valence-electron chi connectivity index (χ0n) is 15.3. The molecule has 1 unspecified atom stereocenters. The van der Waals surface area contributed by atoms with Gasteiger partial charge >= 0.3 is 0 Å². The summed E-state index contributed by atoms with van der Waals surface area (Å²) >= 11 is 0. The van der Waals surface area contributed by atoms with Crippen LogP contribution < -0.4 is 5.32 Å². The van der Waals surface area contributed by atoms with Gasteiger partial charge in [-0.3, -0.25) is 19.2 Å². The number of aliphatic hydroxyl groups is 4. The SMILES string of the molecule is CC(=O)N[C@H]1C(O)O[C@H](CO)[C@@H](O)[C@@H]1O.CC(=O)O.CC(=O)O.CC(=O)O. The van der Waals surface area contributed by atoms with Gasteiger partial charge in [0.15, 0.2) is 6.29 Å². The van der Waals surface area contributed by atoms with Crippen molar-refractivity contribution in [2.45, 2.75) is 58.3 Å². The van der Waals surface area contributed by atoms with E-state index in [0.29, 0.717) is 0 Å². The van der Waals surface area contributed by atoms with Crippen molar-refractivity contribution < 1.29 is 59.7 Å². The van der Waals surface area contributed by atoms with Crippen molar-refractivity contribution in [3.63, 3.8) is 0 Å². The average molecular weight is 401 g/mol. The number of carboxylic acid groups (broad SMARTS) is 3. The Kier molecular flexibility index (Phi) is 17.3. The van der Waals surface area contributed by atoms with Crippen LogP contribution in [0.2, 0.25) is 0 Å². The Morgan fingerprint density at radius 2 is 1.15 bits per heavy atom. The highest BCUT2D eigenvalue weighted by Gasteiger charge is 2.43. The minimum atomic E-state index is -1.45. The fraction of sp³-hybridized carbons (Fsp3) is 0.714. The normalized spacial score (nSPS) is 25.7. The highest BCUT2D eigenvalue weighted by Crippen LogP contribution is 2.19. The van der Waals surface area contributed by atoms with Gasteiger partial charge in [-0.05, 0) is 0 Å². The molecule has 1 rings (SSSR count). The summed E-state index contributed by atoms with van der Waals surface area (Å²) in [5, 5.41) is 61.6. The lowest BCUT2D eigenvalue weighted by Gasteiger charge is -2.40. The first kappa shape index (κ1) is 29.4. The van der Waals surface area contributed by atoms with Gasteiger partial charge in [0.25, 0.3) is 17.9 Å². The Labute approximate surface area is 154 Å². The lowest BCUT2D eigenvalue weighted by atomic mass is 9.97. The summed E-state index contributed by atoms with van der Waals surface area (Å²) < 4.78 is 4.81. The van der Waals surface area contributed by atoms with Crippen LogP contribution in [0.1, 0.15) is 27.7 Å². The molecule has 0 aromatic heterocycles. The summed E-state index contributed by atoms with van der Waals surface area (Å²) in [7, 11) is 0. The molecule has 1 amide bonds. The number of carbonyl (C=O) groups is 4. The maximum absolute atomic E-state index is 10.7. The number of carboxylic acids is 3. The molecule has 0 saturated carbocycles. The predicted octanol–water partition coefficient (Wildman–Crippen LogP) is -2.80. The standard InChI is InChI=1S/C8H15NO6.3C2H4O2/c1-3(11)9-5-7(13)6(12)4(2-10)15-8(5)14;3*1-2(3)4/h4-8,10,12-14H,2H2,1H3,(H,9,11);3*1H3,(H,3,4)/t4-,5-,6-,7-,8?;;;/m1.../s1. The van der Waals surface area contributed by atoms with Gasteiger partial charge in [0.05, 0.1) is 6.61 Å². The zero-order valence-corrected chi connectivity index (χ0v) is 15.3. The van der Waals surface area contributed by atoms with Crippen molar-refractivity contribution in [3.05, 3.63) is 0 Å². The molecular formula is C14H27NO12. The van der Waals surface area contributed by atoms with Crippen LogP contribution in [0.25, 0.3) is 0 Å². The van der Waals surface area contributed by atoms with Crippen LogP contribution in [0.3, 0.4) is 0 Å². The van der Waals surface area contributed by atoms with E-state index in [2.05, 4.69) is 5.32 Å². The quantitative estimate of drug-likeness (QED) is 0.234. The number of rotatable bonds is 2. The molecule has 5 atom stereocenters. The van der Waals surface area contributed by atoms with Gasteiger partial charge < -0.3 is 45.8 Å². The van der Waals surface area contributed by atoms with Crippen molar-refractivity contribution >= 4 is 23.8 Å². The smallest absolute Gasteiger partial charge is 0.300 e. The van der Waals surface area contributed by atoms with Gasteiger partial charge in [-0.2, -0.15) is 0 Å². The van der Waals surface area contributed by atoms with E-state index in [9.17, 15) is 20.1 Å². The van der Waals surface area contributed by atoms with Crippen LogP contribution in [0.15, 0.2) is 0 Å². The number of aliphatic carboxylic acids is 3. The molecule has 0 radical (unpaired) electrons. The highest BCUT2D eigenvalue weighted by molar-refractivity contribution is 5.73. The van der Waals surface area contributed by atoms with Crippen LogP contribution in [0, 0.1) is 0 Å². The summed E-state index contributed by atoms with van der Waals surface area (Å²) in [6.07, 6.45) is -5.24. The lowest BCUT2D eigenvalue weighted by molar-refractivity contribution is -0.253. The number of hydrogen-bond acceptors (Lipinski definition) is 9. The molecule has 1 aliphatic rings. The molecule has 0 spiro atoms. The molecular weight excluding hydrogens is 374 g/mol. The monoisotopic (exact) mass is 401 g/mol. The van der Waals surface area contributed by atoms with Crippen molar-refractivity contribution in [1.82, 2.24) is 5.32 Å². The molecule has 1 saturated heterocycles. The number of carbonyl (C=O) groups excluding carboxylic acids is 1. The molecule has 27 heavy (non-hydrogen) atoms. The predicted molar refractivity (Wildman–Crippen MR) is 87.5 cm³/mol. The van der Waals surface area contributed by atoms with Gasteiger partial charge in [0.1, 0.15) is 24.4 Å². The molecule has 13 nitrogen and oxygen atoms in total. The van der Waals surface area contributed by atoms with Gasteiger partial charge in [-0.1, -0.05) is 0 Å². The summed E-state index contributed by atoms with van der Waals surface area (Å²) in [5.74, 6) is -2.96. The van der Waals surface area contributed by atoms with E-state index in [0.717, 1.165) is 20.8 Å². The molecule has 1 fully saturated rings. The number of amides is 1. The third-order valence-corrected chi connectivity index (χ3v) is 2.27. The number of hydrogen-bond donors (Lipinski definition) is 8. The van der Waals surface area contributed by atoms with Crippen LogP contribution >= 0.6 is 0 Å². The van der Waals surface area contributed by atoms with Crippen molar-refractivity contribution in [2.75, 3.05) is 6.61 Å². The topological polar surface area (TPSA) is 231 Å². The van der Waals surface area contributed by atoms with Crippen LogP contribution in [-0.4, -0.2) is 96.8 Å². The summed E-state index contributed by atoms with van der Waals surface area (Å²) in [6.45, 7) is 3.94. The Hall–Kier alpha value is -2.32. The third-order valence-electron chi connectivity index (χ3n) is 2.27. The second-order valence-corrected chi connectivity index (χ2v) is 5.01. The first-order chi connectivity index (χ1) is 12.2. The van der Waals surface area contributed by atoms with Gasteiger partial charge in [-0.15, -0.1) is 0 Å². The summed E-state index contributed by atoms with van der Waals surface area (Å²) in [6, 6.07) is -1.10. The van der Waals surface area contributed by atoms with E-state index >= 15 is 0 Å². The summed E-state index contributed by atoms with van der Waals surface area (Å²) in [4.78, 5) is 37.7. The maximum atomic E-state index is 10.7. The second kappa shape index (κ2) is 15.9. The van der Waals surface area contributed by atoms with Crippen molar-refractivity contribution in [3.8, 4) is 0 Å². The minimum Gasteiger partial charge on any atom is -0.481 e. The van der Waals surface area contributed by atoms with Crippen LogP contribution in [0.4, 0.5) is 0 Å². The highest BCUT2D eigenvalue weighted by atomic mass is 16.6. The lowest BCUT2D eigenvalue weighted by Crippen LogP contribution is -2.63. The molecule has 8 N–H and O–H groups in total. The van der Waals surface area contributed by atoms with Crippen molar-refractivity contribution in [1.29, 1.82) is 0 Å². The molecule has 0 aromatic carbocycles. The average Bonchev–Trinajstić information content (AvgIpc) is 2.45. The first-order valence-electron chi connectivity index (χ1n) is 7.33. The largest absolute Gasteiger partial charge is 0.481 e. The van der Waals surface area contributed by atoms with E-state index < -0.39 is 61.1 Å². The molecule has 0 bridgehead atoms. The molecule has 1 heterocycles. The van der Waals surface area contributed by atoms with E-state index in [1.54, 1.807) is 0 Å². The first-order valence-corrected chi connectivity index (χ1v) is 7.33. The Bertz CT molecular complexity index is 428. The maximum Gasteiger partial charge on any atom is 0.300 e. The Morgan fingerprint density at radius 3 is 1.41 bits per heavy atom. The van der Waals surface area contributed by atoms with Gasteiger partial charge in [-0.25, -0.2) is 0 Å². The number of ether oxygens (including phenoxy) is 1. The Balaban J connectivity index is -0.000000394. The zero-order chi connectivity index (χ0) is 22.3. The minimum absolute atomic E-state index is 0.462. The fourth-order valence-corrected chi connectivity index (χ4v) is 1.49. The van der Waals surface area contributed by atoms with E-state index in [1.807, 2.05) is 0 Å². The molecule has 13 heteroatoms. The van der Waals surface area contributed by atoms with Crippen molar-refractivity contribution in [2.24, 2.45) is 0 Å². The summed E-state index contributed by atoms with van der Waals surface area (Å²) in [5.41, 5.74) is 0. The van der Waals surface area contributed by atoms with Crippen LogP contribution in [0.5, 0.6) is 0 Å². The molecule has 160 valence electrons. The second-order valence-electron chi connectivity index (χ2n) is 5.01. The molecule has 0 aliphatic carbocycles. The van der Waals surface area contributed by atoms with Crippen LogP contribution in [-0.2, 0) is 23.9 Å². The van der Waals surface area contributed by atoms with Gasteiger partial charge in [0, 0.05) is 27.7 Å². The number of aliphatic hydroxyl groups excluding tert-OH is 4. The Morgan fingerprint density at radius 1 is 0.815 bits per heavy atom. The fourth-order valence-electron chi connectivity index (χ4n) is 1.49. The third kappa shape index (κ3) is 19.8. The van der Waals surface area contributed by atoms with Gasteiger partial charge in [0.2, 0.25) is 5.91 Å². The molecule has 1 aliphatic heterocycles. The van der Waals surface area contributed by atoms with E-state index in [4.69, 9.17) is 39.5 Å². The number of nitrogens with one attached hydrogen (secondary N) is 1. The van der Waals surface area contributed by atoms with E-state index in [1.165, 1.54) is 6.92 Å². The van der Waals surface area contributed by atoms with E-state index in [-0.39, 0.29) is 0 Å². The molecule has 0 aromatic rings.